The van der Waals surface area contributed by atoms with Crippen LogP contribution in [-0.2, 0) is 17.7 Å². The lowest BCUT2D eigenvalue weighted by Crippen LogP contribution is -2.35. The predicted octanol–water partition coefficient (Wildman–Crippen LogP) is 6.51. The number of carbonyl (C=O) groups is 2. The van der Waals surface area contributed by atoms with Crippen LogP contribution in [0.25, 0.3) is 20.8 Å². The Morgan fingerprint density at radius 2 is 1.94 bits per heavy atom. The fraction of sp³-hybridized carbons (Fsp3) is 0.240. The number of fused-ring (bicyclic) bond motifs is 2. The first-order valence-corrected chi connectivity index (χ1v) is 13.8. The number of thioether (sulfide) groups is 1. The van der Waals surface area contributed by atoms with Gasteiger partial charge in [-0.15, -0.1) is 34.4 Å². The number of ether oxygens (including phenoxy) is 1. The van der Waals surface area contributed by atoms with Gasteiger partial charge in [-0.3, -0.25) is 4.79 Å². The maximum atomic E-state index is 13.1. The molecule has 1 aliphatic rings. The Balaban J connectivity index is 1.53. The Morgan fingerprint density at radius 1 is 1.15 bits per heavy atom. The fourth-order valence-corrected chi connectivity index (χ4v) is 6.76. The molecule has 0 bridgehead atoms. The molecule has 174 valence electrons. The van der Waals surface area contributed by atoms with E-state index in [9.17, 15) is 9.59 Å². The van der Waals surface area contributed by atoms with Crippen molar-refractivity contribution in [2.45, 2.75) is 24.8 Å². The Morgan fingerprint density at radius 3 is 2.68 bits per heavy atom. The summed E-state index contributed by atoms with van der Waals surface area (Å²) in [4.78, 5) is 34.2. The van der Waals surface area contributed by atoms with Crippen LogP contribution >= 0.6 is 34.4 Å². The van der Waals surface area contributed by atoms with Crippen LogP contribution in [0.5, 0.6) is 0 Å². The normalized spacial score (nSPS) is 13.1. The number of thiophene rings is 1. The number of nitrogens with one attached hydrogen (secondary N) is 1. The van der Waals surface area contributed by atoms with Crippen molar-refractivity contribution < 1.29 is 14.3 Å². The van der Waals surface area contributed by atoms with Crippen molar-refractivity contribution in [2.24, 2.45) is 0 Å². The van der Waals surface area contributed by atoms with E-state index in [2.05, 4.69) is 11.4 Å². The van der Waals surface area contributed by atoms with Crippen molar-refractivity contribution in [3.8, 4) is 10.6 Å². The zero-order valence-corrected chi connectivity index (χ0v) is 21.2. The minimum atomic E-state index is -0.303. The zero-order chi connectivity index (χ0) is 23.7. The summed E-state index contributed by atoms with van der Waals surface area (Å²) in [6, 6.07) is 15.6. The number of amides is 2. The highest BCUT2D eigenvalue weighted by Gasteiger charge is 2.30. The lowest BCUT2D eigenvalue weighted by Gasteiger charge is -2.26. The Bertz CT molecular complexity index is 1330. The maximum absolute atomic E-state index is 13.1. The number of hydrogen-bond acceptors (Lipinski definition) is 7. The lowest BCUT2D eigenvalue weighted by atomic mass is 10.0. The molecule has 0 radical (unpaired) electrons. The third-order valence-electron chi connectivity index (χ3n) is 5.67. The summed E-state index contributed by atoms with van der Waals surface area (Å²) in [5.41, 5.74) is 3.67. The molecule has 2 aromatic heterocycles. The van der Waals surface area contributed by atoms with Gasteiger partial charge < -0.3 is 15.0 Å². The molecule has 0 aliphatic carbocycles. The molecule has 0 fully saturated rings. The van der Waals surface area contributed by atoms with E-state index in [1.165, 1.54) is 11.3 Å². The van der Waals surface area contributed by atoms with Gasteiger partial charge in [0.05, 0.1) is 23.4 Å². The van der Waals surface area contributed by atoms with Gasteiger partial charge in [0.1, 0.15) is 10.0 Å². The van der Waals surface area contributed by atoms with Crippen LogP contribution in [0, 0.1) is 0 Å². The molecule has 0 spiro atoms. The van der Waals surface area contributed by atoms with Gasteiger partial charge in [-0.25, -0.2) is 9.78 Å². The first-order chi connectivity index (χ1) is 16.6. The van der Waals surface area contributed by atoms with Gasteiger partial charge >= 0.3 is 6.09 Å². The van der Waals surface area contributed by atoms with E-state index in [4.69, 9.17) is 9.72 Å². The summed E-state index contributed by atoms with van der Waals surface area (Å²) in [6.07, 6.45) is 2.39. The van der Waals surface area contributed by atoms with E-state index in [-0.39, 0.29) is 12.0 Å². The minimum Gasteiger partial charge on any atom is -0.450 e. The second kappa shape index (κ2) is 9.77. The largest absolute Gasteiger partial charge is 0.450 e. The van der Waals surface area contributed by atoms with E-state index in [1.54, 1.807) is 28.0 Å². The van der Waals surface area contributed by atoms with Crippen LogP contribution in [0.4, 0.5) is 9.80 Å². The molecule has 1 N–H and O–H groups in total. The van der Waals surface area contributed by atoms with Crippen molar-refractivity contribution in [1.29, 1.82) is 0 Å². The molecule has 5 rings (SSSR count). The van der Waals surface area contributed by atoms with Gasteiger partial charge in [-0.2, -0.15) is 0 Å². The molecule has 9 heteroatoms. The molecule has 6 nitrogen and oxygen atoms in total. The van der Waals surface area contributed by atoms with Gasteiger partial charge in [0, 0.05) is 27.4 Å². The summed E-state index contributed by atoms with van der Waals surface area (Å²) >= 11 is 4.78. The molecule has 0 atom stereocenters. The van der Waals surface area contributed by atoms with Gasteiger partial charge in [-0.1, -0.05) is 12.1 Å². The summed E-state index contributed by atoms with van der Waals surface area (Å²) in [5.74, 6) is -0.157. The standard InChI is InChI=1S/C25H23N3O3S3/c1-3-31-25(30)28-13-12-17-20(14-28)34-24(27-22(29)15-8-10-16(32-2)11-9-15)21(17)23-26-18-6-4-5-7-19(18)33-23/h4-11H,3,12-14H2,1-2H3,(H,27,29). The summed E-state index contributed by atoms with van der Waals surface area (Å²) < 4.78 is 6.31. The second-order valence-electron chi connectivity index (χ2n) is 7.75. The van der Waals surface area contributed by atoms with Crippen molar-refractivity contribution in [3.63, 3.8) is 0 Å². The van der Waals surface area contributed by atoms with Crippen LogP contribution in [-0.4, -0.2) is 41.3 Å². The topological polar surface area (TPSA) is 71.5 Å². The first kappa shape index (κ1) is 22.9. The van der Waals surface area contributed by atoms with Gasteiger partial charge in [0.15, 0.2) is 0 Å². The van der Waals surface area contributed by atoms with Crippen molar-refractivity contribution in [3.05, 3.63) is 64.5 Å². The first-order valence-electron chi connectivity index (χ1n) is 10.9. The average Bonchev–Trinajstić information content (AvgIpc) is 3.44. The number of rotatable bonds is 5. The highest BCUT2D eigenvalue weighted by Crippen LogP contribution is 2.45. The van der Waals surface area contributed by atoms with Crippen molar-refractivity contribution in [1.82, 2.24) is 9.88 Å². The number of aromatic nitrogens is 1. The summed E-state index contributed by atoms with van der Waals surface area (Å²) in [7, 11) is 0. The SMILES string of the molecule is CCOC(=O)N1CCc2c(sc(NC(=O)c3ccc(SC)cc3)c2-c2nc3ccccc3s2)C1. The molecule has 3 heterocycles. The van der Waals surface area contributed by atoms with Crippen molar-refractivity contribution >= 4 is 61.7 Å². The molecule has 2 amide bonds. The van der Waals surface area contributed by atoms with Crippen LogP contribution in [0.15, 0.2) is 53.4 Å². The van der Waals surface area contributed by atoms with Crippen LogP contribution in [0.1, 0.15) is 27.7 Å². The minimum absolute atomic E-state index is 0.157. The Labute approximate surface area is 210 Å². The average molecular weight is 510 g/mol. The maximum Gasteiger partial charge on any atom is 0.410 e. The fourth-order valence-electron chi connectivity index (χ4n) is 3.99. The molecular weight excluding hydrogens is 486 g/mol. The van der Waals surface area contributed by atoms with E-state index in [1.807, 2.05) is 55.6 Å². The van der Waals surface area contributed by atoms with E-state index >= 15 is 0 Å². The molecule has 0 saturated carbocycles. The van der Waals surface area contributed by atoms with Gasteiger partial charge in [-0.05, 0) is 61.6 Å². The number of thiazole rings is 1. The highest BCUT2D eigenvalue weighted by atomic mass is 32.2. The number of nitrogens with zero attached hydrogens (tertiary/aromatic N) is 2. The van der Waals surface area contributed by atoms with Gasteiger partial charge in [0.2, 0.25) is 0 Å². The number of carbonyl (C=O) groups excluding carboxylic acids is 2. The molecule has 34 heavy (non-hydrogen) atoms. The van der Waals surface area contributed by atoms with Gasteiger partial charge in [0.25, 0.3) is 5.91 Å². The number of anilines is 1. The van der Waals surface area contributed by atoms with E-state index in [0.29, 0.717) is 31.7 Å². The predicted molar refractivity (Wildman–Crippen MR) is 140 cm³/mol. The quantitative estimate of drug-likeness (QED) is 0.310. The summed E-state index contributed by atoms with van der Waals surface area (Å²) in [6.45, 7) is 3.20. The van der Waals surface area contributed by atoms with E-state index in [0.717, 1.165) is 41.1 Å². The number of benzene rings is 2. The third-order valence-corrected chi connectivity index (χ3v) is 8.60. The monoisotopic (exact) mass is 509 g/mol. The van der Waals surface area contributed by atoms with Crippen LogP contribution < -0.4 is 5.32 Å². The van der Waals surface area contributed by atoms with Crippen LogP contribution in [0.2, 0.25) is 0 Å². The molecule has 4 aromatic rings. The number of para-hydroxylation sites is 1. The van der Waals surface area contributed by atoms with Crippen LogP contribution in [0.3, 0.4) is 0 Å². The molecule has 0 unspecified atom stereocenters. The third kappa shape index (κ3) is 4.43. The lowest BCUT2D eigenvalue weighted by molar-refractivity contribution is 0.102. The Hall–Kier alpha value is -2.88. The Kier molecular flexibility index (Phi) is 6.58. The molecular formula is C25H23N3O3S3. The molecule has 0 saturated heterocycles. The van der Waals surface area contributed by atoms with E-state index < -0.39 is 0 Å². The zero-order valence-electron chi connectivity index (χ0n) is 18.8. The summed E-state index contributed by atoms with van der Waals surface area (Å²) in [5, 5.41) is 4.80. The smallest absolute Gasteiger partial charge is 0.410 e. The number of hydrogen-bond donors (Lipinski definition) is 1. The molecule has 2 aromatic carbocycles. The highest BCUT2D eigenvalue weighted by molar-refractivity contribution is 7.98. The van der Waals surface area contributed by atoms with Crippen molar-refractivity contribution in [2.75, 3.05) is 24.7 Å². The second-order valence-corrected chi connectivity index (χ2v) is 10.8. The molecule has 1 aliphatic heterocycles.